The third-order valence-corrected chi connectivity index (χ3v) is 4.41. The normalized spacial score (nSPS) is 29.3. The molecule has 0 aromatic carbocycles. The molecule has 0 aromatic rings. The maximum Gasteiger partial charge on any atom is 0.326 e. The van der Waals surface area contributed by atoms with E-state index in [9.17, 15) is 9.59 Å². The molecule has 6 heteroatoms. The third kappa shape index (κ3) is 3.13. The van der Waals surface area contributed by atoms with Crippen LogP contribution in [-0.4, -0.2) is 58.6 Å². The molecule has 0 bridgehead atoms. The molecule has 0 spiro atoms. The summed E-state index contributed by atoms with van der Waals surface area (Å²) in [4.78, 5) is 24.6. The van der Waals surface area contributed by atoms with Gasteiger partial charge in [-0.05, 0) is 12.8 Å². The summed E-state index contributed by atoms with van der Waals surface area (Å²) in [7, 11) is 0. The van der Waals surface area contributed by atoms with Gasteiger partial charge in [0.15, 0.2) is 0 Å². The monoisotopic (exact) mass is 258 g/mol. The Balaban J connectivity index is 1.88. The first-order valence-corrected chi connectivity index (χ1v) is 7.17. The number of rotatable bonds is 3. The van der Waals surface area contributed by atoms with Crippen LogP contribution in [0.2, 0.25) is 0 Å². The van der Waals surface area contributed by atoms with Gasteiger partial charge in [-0.1, -0.05) is 0 Å². The van der Waals surface area contributed by atoms with Crippen LogP contribution in [-0.2, 0) is 9.59 Å². The zero-order valence-corrected chi connectivity index (χ0v) is 10.5. The number of carboxylic acids is 1. The summed E-state index contributed by atoms with van der Waals surface area (Å²) in [6.07, 6.45) is 1.82. The molecule has 1 unspecified atom stereocenters. The molecule has 1 amide bonds. The van der Waals surface area contributed by atoms with Crippen LogP contribution in [0.3, 0.4) is 0 Å². The molecule has 0 saturated carbocycles. The Kier molecular flexibility index (Phi) is 4.28. The standard InChI is InChI=1S/C11H18N2O3S/c14-10(6-8-7-17-5-3-12-8)13-4-1-2-9(13)11(15)16/h8-9,12H,1-7H2,(H,15,16)/t8?,9-/m0/s1. The van der Waals surface area contributed by atoms with E-state index in [1.54, 1.807) is 0 Å². The summed E-state index contributed by atoms with van der Waals surface area (Å²) in [5.41, 5.74) is 0. The van der Waals surface area contributed by atoms with Gasteiger partial charge in [-0.15, -0.1) is 0 Å². The summed E-state index contributed by atoms with van der Waals surface area (Å²) >= 11 is 1.85. The Morgan fingerprint density at radius 2 is 2.29 bits per heavy atom. The third-order valence-electron chi connectivity index (χ3n) is 3.28. The fourth-order valence-electron chi connectivity index (χ4n) is 2.40. The molecule has 2 heterocycles. The van der Waals surface area contributed by atoms with Crippen molar-refractivity contribution in [2.24, 2.45) is 0 Å². The number of hydrogen-bond acceptors (Lipinski definition) is 4. The van der Waals surface area contributed by atoms with Crippen molar-refractivity contribution >= 4 is 23.6 Å². The van der Waals surface area contributed by atoms with E-state index >= 15 is 0 Å². The lowest BCUT2D eigenvalue weighted by atomic mass is 10.2. The number of aliphatic carboxylic acids is 1. The van der Waals surface area contributed by atoms with Crippen molar-refractivity contribution in [3.8, 4) is 0 Å². The highest BCUT2D eigenvalue weighted by Gasteiger charge is 2.34. The minimum Gasteiger partial charge on any atom is -0.480 e. The maximum absolute atomic E-state index is 12.0. The number of carboxylic acid groups (broad SMARTS) is 1. The lowest BCUT2D eigenvalue weighted by molar-refractivity contribution is -0.148. The Hall–Kier alpha value is -0.750. The van der Waals surface area contributed by atoms with Crippen LogP contribution in [0.5, 0.6) is 0 Å². The SMILES string of the molecule is O=C(O)[C@@H]1CCCN1C(=O)CC1CSCCN1. The van der Waals surface area contributed by atoms with Gasteiger partial charge in [0, 0.05) is 37.1 Å². The zero-order valence-electron chi connectivity index (χ0n) is 9.72. The van der Waals surface area contributed by atoms with E-state index in [2.05, 4.69) is 5.32 Å². The molecule has 0 radical (unpaired) electrons. The van der Waals surface area contributed by atoms with Crippen molar-refractivity contribution in [3.63, 3.8) is 0 Å². The molecule has 2 N–H and O–H groups in total. The number of amides is 1. The Labute approximate surface area is 105 Å². The summed E-state index contributed by atoms with van der Waals surface area (Å²) in [6, 6.07) is -0.393. The first-order valence-electron chi connectivity index (χ1n) is 6.02. The number of likely N-dealkylation sites (tertiary alicyclic amines) is 1. The largest absolute Gasteiger partial charge is 0.480 e. The van der Waals surface area contributed by atoms with E-state index in [0.717, 1.165) is 24.5 Å². The van der Waals surface area contributed by atoms with Gasteiger partial charge in [-0.2, -0.15) is 11.8 Å². The van der Waals surface area contributed by atoms with Gasteiger partial charge in [0.05, 0.1) is 0 Å². The van der Waals surface area contributed by atoms with E-state index in [-0.39, 0.29) is 11.9 Å². The molecule has 0 aliphatic carbocycles. The molecule has 2 saturated heterocycles. The van der Waals surface area contributed by atoms with Crippen LogP contribution < -0.4 is 5.32 Å². The van der Waals surface area contributed by atoms with Crippen LogP contribution >= 0.6 is 11.8 Å². The van der Waals surface area contributed by atoms with Crippen LogP contribution in [0, 0.1) is 0 Å². The van der Waals surface area contributed by atoms with Crippen LogP contribution in [0.15, 0.2) is 0 Å². The fourth-order valence-corrected chi connectivity index (χ4v) is 3.35. The summed E-state index contributed by atoms with van der Waals surface area (Å²) in [6.45, 7) is 1.53. The molecular weight excluding hydrogens is 240 g/mol. The molecule has 2 fully saturated rings. The van der Waals surface area contributed by atoms with Gasteiger partial charge < -0.3 is 15.3 Å². The first kappa shape index (κ1) is 12.7. The minimum atomic E-state index is -0.873. The molecule has 2 atom stereocenters. The van der Waals surface area contributed by atoms with Crippen molar-refractivity contribution in [3.05, 3.63) is 0 Å². The predicted molar refractivity (Wildman–Crippen MR) is 66.1 cm³/mol. The predicted octanol–water partition coefficient (Wildman–Crippen LogP) is 0.157. The highest BCUT2D eigenvalue weighted by Crippen LogP contribution is 2.20. The molecule has 17 heavy (non-hydrogen) atoms. The second-order valence-corrected chi connectivity index (χ2v) is 5.66. The van der Waals surface area contributed by atoms with Gasteiger partial charge in [0.1, 0.15) is 6.04 Å². The van der Waals surface area contributed by atoms with Gasteiger partial charge in [-0.3, -0.25) is 4.79 Å². The molecule has 2 rings (SSSR count). The molecule has 0 aromatic heterocycles. The second kappa shape index (κ2) is 5.73. The van der Waals surface area contributed by atoms with E-state index in [0.29, 0.717) is 19.4 Å². The van der Waals surface area contributed by atoms with Crippen LogP contribution in [0.25, 0.3) is 0 Å². The minimum absolute atomic E-state index is 0.0186. The number of carbonyl (C=O) groups excluding carboxylic acids is 1. The van der Waals surface area contributed by atoms with Gasteiger partial charge >= 0.3 is 5.97 Å². The average Bonchev–Trinajstić information content (AvgIpc) is 2.79. The highest BCUT2D eigenvalue weighted by molar-refractivity contribution is 7.99. The van der Waals surface area contributed by atoms with E-state index in [4.69, 9.17) is 5.11 Å². The van der Waals surface area contributed by atoms with Crippen molar-refractivity contribution in [1.29, 1.82) is 0 Å². The van der Waals surface area contributed by atoms with Crippen molar-refractivity contribution in [2.75, 3.05) is 24.6 Å². The number of nitrogens with zero attached hydrogens (tertiary/aromatic N) is 1. The Morgan fingerprint density at radius 1 is 1.47 bits per heavy atom. The number of carbonyl (C=O) groups is 2. The highest BCUT2D eigenvalue weighted by atomic mass is 32.2. The summed E-state index contributed by atoms with van der Waals surface area (Å²) in [5.74, 6) is 1.14. The maximum atomic E-state index is 12.0. The lowest BCUT2D eigenvalue weighted by Gasteiger charge is -2.27. The molecule has 2 aliphatic heterocycles. The van der Waals surface area contributed by atoms with Gasteiger partial charge in [-0.25, -0.2) is 4.79 Å². The van der Waals surface area contributed by atoms with Gasteiger partial charge in [0.25, 0.3) is 0 Å². The van der Waals surface area contributed by atoms with Crippen LogP contribution in [0.1, 0.15) is 19.3 Å². The summed E-state index contributed by atoms with van der Waals surface area (Å²) in [5, 5.41) is 12.3. The molecule has 5 nitrogen and oxygen atoms in total. The molecular formula is C11H18N2O3S. The topological polar surface area (TPSA) is 69.6 Å². The molecule has 96 valence electrons. The first-order chi connectivity index (χ1) is 8.18. The van der Waals surface area contributed by atoms with E-state index in [1.807, 2.05) is 11.8 Å². The quantitative estimate of drug-likeness (QED) is 0.754. The van der Waals surface area contributed by atoms with Crippen molar-refractivity contribution in [2.45, 2.75) is 31.3 Å². The Morgan fingerprint density at radius 3 is 2.94 bits per heavy atom. The second-order valence-electron chi connectivity index (χ2n) is 4.51. The Bertz CT molecular complexity index is 305. The zero-order chi connectivity index (χ0) is 12.3. The van der Waals surface area contributed by atoms with Crippen molar-refractivity contribution < 1.29 is 14.7 Å². The fraction of sp³-hybridized carbons (Fsp3) is 0.818. The van der Waals surface area contributed by atoms with Gasteiger partial charge in [0.2, 0.25) is 5.91 Å². The van der Waals surface area contributed by atoms with Crippen LogP contribution in [0.4, 0.5) is 0 Å². The number of hydrogen-bond donors (Lipinski definition) is 2. The van der Waals surface area contributed by atoms with Crippen molar-refractivity contribution in [1.82, 2.24) is 10.2 Å². The number of nitrogens with one attached hydrogen (secondary N) is 1. The lowest BCUT2D eigenvalue weighted by Crippen LogP contribution is -2.45. The number of thioether (sulfide) groups is 1. The van der Waals surface area contributed by atoms with E-state index in [1.165, 1.54) is 4.90 Å². The van der Waals surface area contributed by atoms with E-state index < -0.39 is 12.0 Å². The smallest absolute Gasteiger partial charge is 0.326 e. The summed E-state index contributed by atoms with van der Waals surface area (Å²) < 4.78 is 0. The molecule has 2 aliphatic rings. The average molecular weight is 258 g/mol.